The molecule has 130 valence electrons. The van der Waals surface area contributed by atoms with Crippen molar-refractivity contribution < 1.29 is 14.6 Å². The second kappa shape index (κ2) is 5.74. The maximum atomic E-state index is 12.7. The molecule has 3 nitrogen and oxygen atoms in total. The Hall–Kier alpha value is -0.136. The monoisotopic (exact) mass is 344 g/mol. The van der Waals surface area contributed by atoms with Crippen LogP contribution in [0.25, 0.3) is 0 Å². The van der Waals surface area contributed by atoms with Gasteiger partial charge in [-0.15, -0.1) is 0 Å². The molecule has 1 aliphatic rings. The molecule has 22 heavy (non-hydrogen) atoms. The smallest absolute Gasteiger partial charge is 0.306 e. The molecule has 0 aromatic carbocycles. The third-order valence-electron chi connectivity index (χ3n) is 6.94. The molecule has 0 radical (unpaired) electrons. The molecule has 1 rings (SSSR count). The van der Waals surface area contributed by atoms with Crippen LogP contribution in [0, 0.1) is 0 Å². The first-order valence-electron chi connectivity index (χ1n) is 8.40. The highest BCUT2D eigenvalue weighted by Gasteiger charge is 2.62. The van der Waals surface area contributed by atoms with E-state index in [-0.39, 0.29) is 39.8 Å². The van der Waals surface area contributed by atoms with Crippen LogP contribution in [-0.2, 0) is 9.53 Å². The SMILES string of the molecule is CC(C)(C)[Si](C)(C)[C@@H]1[C@@H](CO)OC(=O)[C@@H]1[Si](C)(C)C(C)(C)C. The first-order valence-corrected chi connectivity index (χ1v) is 14.6. The summed E-state index contributed by atoms with van der Waals surface area (Å²) in [4.78, 5) is 12.7. The van der Waals surface area contributed by atoms with E-state index in [1.54, 1.807) is 0 Å². The normalized spacial score (nSPS) is 28.0. The number of aliphatic hydroxyl groups is 1. The molecule has 5 heteroatoms. The fourth-order valence-electron chi connectivity index (χ4n) is 3.40. The summed E-state index contributed by atoms with van der Waals surface area (Å²) in [6, 6.07) is 0. The van der Waals surface area contributed by atoms with Crippen LogP contribution in [0.2, 0.25) is 47.3 Å². The molecule has 1 N–H and O–H groups in total. The lowest BCUT2D eigenvalue weighted by Gasteiger charge is -2.49. The zero-order valence-corrected chi connectivity index (χ0v) is 18.2. The van der Waals surface area contributed by atoms with Crippen LogP contribution in [0.3, 0.4) is 0 Å². The Morgan fingerprint density at radius 2 is 1.36 bits per heavy atom. The van der Waals surface area contributed by atoms with Gasteiger partial charge in [0.05, 0.1) is 28.3 Å². The van der Waals surface area contributed by atoms with Gasteiger partial charge in [-0.1, -0.05) is 67.7 Å². The maximum Gasteiger partial charge on any atom is 0.306 e. The van der Waals surface area contributed by atoms with Gasteiger partial charge in [-0.05, 0) is 10.1 Å². The molecule has 0 aromatic rings. The highest BCUT2D eigenvalue weighted by atomic mass is 28.3. The van der Waals surface area contributed by atoms with Gasteiger partial charge in [-0.3, -0.25) is 4.79 Å². The highest BCUT2D eigenvalue weighted by molar-refractivity contribution is 6.89. The molecule has 0 spiro atoms. The van der Waals surface area contributed by atoms with E-state index in [2.05, 4.69) is 67.7 Å². The second-order valence-electron chi connectivity index (χ2n) is 10.1. The zero-order chi connectivity index (χ0) is 17.7. The molecule has 0 amide bonds. The molecule has 0 bridgehead atoms. The summed E-state index contributed by atoms with van der Waals surface area (Å²) in [7, 11) is -3.72. The molecule has 0 saturated carbocycles. The largest absolute Gasteiger partial charge is 0.460 e. The van der Waals surface area contributed by atoms with Crippen molar-refractivity contribution in [1.29, 1.82) is 0 Å². The average Bonchev–Trinajstić information content (AvgIpc) is 2.63. The van der Waals surface area contributed by atoms with Crippen molar-refractivity contribution in [1.82, 2.24) is 0 Å². The van der Waals surface area contributed by atoms with Gasteiger partial charge in [0.25, 0.3) is 0 Å². The number of aliphatic hydroxyl groups excluding tert-OH is 1. The number of hydrogen-bond donors (Lipinski definition) is 1. The van der Waals surface area contributed by atoms with Crippen molar-refractivity contribution >= 4 is 22.1 Å². The van der Waals surface area contributed by atoms with Crippen LogP contribution in [0.15, 0.2) is 0 Å². The summed E-state index contributed by atoms with van der Waals surface area (Å²) < 4.78 is 5.68. The number of carbonyl (C=O) groups excluding carboxylic acids is 1. The first kappa shape index (κ1) is 19.9. The third-order valence-corrected chi connectivity index (χ3v) is 19.5. The molecule has 1 saturated heterocycles. The summed E-state index contributed by atoms with van der Waals surface area (Å²) >= 11 is 0. The standard InChI is InChI=1S/C17H36O3Si2/c1-16(2,3)21(7,8)13-12(11-18)20-15(19)14(13)22(9,10)17(4,5)6/h12-14,18H,11H2,1-10H3/t12-,13-,14-/m1/s1. The second-order valence-corrected chi connectivity index (χ2v) is 21.3. The van der Waals surface area contributed by atoms with Crippen LogP contribution in [0.1, 0.15) is 41.5 Å². The Morgan fingerprint density at radius 1 is 0.955 bits per heavy atom. The van der Waals surface area contributed by atoms with Crippen molar-refractivity contribution in [2.45, 2.75) is 95.0 Å². The van der Waals surface area contributed by atoms with Gasteiger partial charge in [-0.2, -0.15) is 0 Å². The summed E-state index contributed by atoms with van der Waals surface area (Å²) in [6.45, 7) is 22.9. The highest BCUT2D eigenvalue weighted by Crippen LogP contribution is 2.60. The zero-order valence-electron chi connectivity index (χ0n) is 16.2. The van der Waals surface area contributed by atoms with Crippen LogP contribution in [-0.4, -0.2) is 39.9 Å². The quantitative estimate of drug-likeness (QED) is 0.598. The Bertz CT molecular complexity index is 430. The predicted molar refractivity (Wildman–Crippen MR) is 98.9 cm³/mol. The summed E-state index contributed by atoms with van der Waals surface area (Å²) in [5.74, 6) is -0.0551. The topological polar surface area (TPSA) is 46.5 Å². The van der Waals surface area contributed by atoms with E-state index >= 15 is 0 Å². The number of rotatable bonds is 3. The molecule has 3 atom stereocenters. The van der Waals surface area contributed by atoms with E-state index in [1.165, 1.54) is 0 Å². The van der Waals surface area contributed by atoms with E-state index in [0.29, 0.717) is 0 Å². The minimum absolute atomic E-state index is 0.00876. The van der Waals surface area contributed by atoms with E-state index in [0.717, 1.165) is 0 Å². The number of cyclic esters (lactones) is 1. The summed E-state index contributed by atoms with van der Waals surface area (Å²) in [5, 5.41) is 10.1. The van der Waals surface area contributed by atoms with E-state index < -0.39 is 16.1 Å². The van der Waals surface area contributed by atoms with Crippen molar-refractivity contribution in [3.63, 3.8) is 0 Å². The van der Waals surface area contributed by atoms with Gasteiger partial charge in [-0.25, -0.2) is 0 Å². The van der Waals surface area contributed by atoms with E-state index in [9.17, 15) is 9.90 Å². The fraction of sp³-hybridized carbons (Fsp3) is 0.941. The minimum atomic E-state index is -1.90. The summed E-state index contributed by atoms with van der Waals surface area (Å²) in [5.41, 5.74) is 0.191. The van der Waals surface area contributed by atoms with E-state index in [4.69, 9.17) is 4.74 Å². The number of esters is 1. The number of ether oxygens (including phenoxy) is 1. The molecule has 1 fully saturated rings. The maximum absolute atomic E-state index is 12.7. The Balaban J connectivity index is 3.45. The molecule has 0 aliphatic carbocycles. The van der Waals surface area contributed by atoms with Crippen molar-refractivity contribution in [3.05, 3.63) is 0 Å². The molecule has 0 unspecified atom stereocenters. The molecule has 1 heterocycles. The fourth-order valence-corrected chi connectivity index (χ4v) is 11.7. The lowest BCUT2D eigenvalue weighted by molar-refractivity contribution is -0.142. The van der Waals surface area contributed by atoms with Crippen LogP contribution in [0.5, 0.6) is 0 Å². The third kappa shape index (κ3) is 3.09. The van der Waals surface area contributed by atoms with Gasteiger partial charge >= 0.3 is 5.97 Å². The van der Waals surface area contributed by atoms with Gasteiger partial charge in [0.2, 0.25) is 0 Å². The van der Waals surface area contributed by atoms with Crippen LogP contribution >= 0.6 is 0 Å². The number of hydrogen-bond acceptors (Lipinski definition) is 3. The van der Waals surface area contributed by atoms with Gasteiger partial charge in [0.1, 0.15) is 6.10 Å². The lowest BCUT2D eigenvalue weighted by atomic mass is 10.2. The van der Waals surface area contributed by atoms with Crippen molar-refractivity contribution in [2.24, 2.45) is 0 Å². The molecule has 1 aliphatic heterocycles. The molecular formula is C17H36O3Si2. The van der Waals surface area contributed by atoms with E-state index in [1.807, 2.05) is 0 Å². The molecular weight excluding hydrogens is 308 g/mol. The van der Waals surface area contributed by atoms with Gasteiger partial charge < -0.3 is 9.84 Å². The molecule has 0 aromatic heterocycles. The van der Waals surface area contributed by atoms with Gasteiger partial charge in [0.15, 0.2) is 0 Å². The minimum Gasteiger partial charge on any atom is -0.460 e. The van der Waals surface area contributed by atoms with Crippen LogP contribution in [0.4, 0.5) is 0 Å². The number of carbonyl (C=O) groups is 1. The average molecular weight is 345 g/mol. The Morgan fingerprint density at radius 3 is 1.68 bits per heavy atom. The Labute approximate surface area is 138 Å². The predicted octanol–water partition coefficient (Wildman–Crippen LogP) is 4.66. The Kier molecular flexibility index (Phi) is 5.20. The van der Waals surface area contributed by atoms with Crippen molar-refractivity contribution in [3.8, 4) is 0 Å². The van der Waals surface area contributed by atoms with Crippen molar-refractivity contribution in [2.75, 3.05) is 6.61 Å². The summed E-state index contributed by atoms with van der Waals surface area (Å²) in [6.07, 6.45) is -0.312. The van der Waals surface area contributed by atoms with Crippen LogP contribution < -0.4 is 0 Å². The van der Waals surface area contributed by atoms with Gasteiger partial charge in [0, 0.05) is 5.54 Å². The first-order chi connectivity index (χ1) is 9.59. The lowest BCUT2D eigenvalue weighted by Crippen LogP contribution is -2.53.